The number of hydrogen-bond donors (Lipinski definition) is 1. The van der Waals surface area contributed by atoms with Crippen molar-refractivity contribution in [3.63, 3.8) is 0 Å². The lowest BCUT2D eigenvalue weighted by Crippen LogP contribution is -2.12. The highest BCUT2D eigenvalue weighted by molar-refractivity contribution is 7.91. The summed E-state index contributed by atoms with van der Waals surface area (Å²) in [5.41, 5.74) is 8.57. The van der Waals surface area contributed by atoms with Crippen LogP contribution in [-0.2, 0) is 15.3 Å². The molecule has 7 nitrogen and oxygen atoms in total. The molecule has 0 spiro atoms. The topological polar surface area (TPSA) is 100 Å². The highest BCUT2D eigenvalue weighted by atomic mass is 32.2. The van der Waals surface area contributed by atoms with Crippen LogP contribution in [0.25, 0.3) is 5.69 Å². The molecule has 3 rings (SSSR count). The van der Waals surface area contributed by atoms with E-state index in [0.29, 0.717) is 11.4 Å². The quantitative estimate of drug-likeness (QED) is 0.721. The smallest absolute Gasteiger partial charge is 0.229 e. The van der Waals surface area contributed by atoms with Crippen molar-refractivity contribution in [1.82, 2.24) is 15.0 Å². The van der Waals surface area contributed by atoms with Crippen LogP contribution in [0, 0.1) is 6.92 Å². The van der Waals surface area contributed by atoms with Crippen LogP contribution in [0.2, 0.25) is 0 Å². The van der Waals surface area contributed by atoms with Gasteiger partial charge in [-0.2, -0.15) is 4.68 Å². The van der Waals surface area contributed by atoms with Crippen LogP contribution >= 0.6 is 0 Å². The van der Waals surface area contributed by atoms with Crippen LogP contribution in [0.5, 0.6) is 5.75 Å². The second-order valence-corrected chi connectivity index (χ2v) is 9.51. The van der Waals surface area contributed by atoms with E-state index in [-0.39, 0.29) is 21.2 Å². The molecule has 1 aromatic heterocycles. The number of rotatable bonds is 4. The third kappa shape index (κ3) is 3.47. The summed E-state index contributed by atoms with van der Waals surface area (Å²) < 4.78 is 32.7. The Balaban J connectivity index is 2.07. The van der Waals surface area contributed by atoms with Gasteiger partial charge in [-0.05, 0) is 47.7 Å². The normalized spacial score (nSPS) is 12.2. The Morgan fingerprint density at radius 1 is 1.07 bits per heavy atom. The molecule has 0 aliphatic rings. The maximum absolute atomic E-state index is 13.1. The zero-order valence-corrected chi connectivity index (χ0v) is 17.4. The summed E-state index contributed by atoms with van der Waals surface area (Å²) in [5, 5.41) is 7.55. The number of sulfone groups is 1. The minimum absolute atomic E-state index is 0.0659. The van der Waals surface area contributed by atoms with E-state index >= 15 is 0 Å². The maximum Gasteiger partial charge on any atom is 0.229 e. The van der Waals surface area contributed by atoms with Crippen LogP contribution < -0.4 is 10.5 Å². The summed E-state index contributed by atoms with van der Waals surface area (Å²) in [5.74, 6) is 0.449. The van der Waals surface area contributed by atoms with Crippen LogP contribution in [0.3, 0.4) is 0 Å². The molecule has 0 fully saturated rings. The third-order valence-electron chi connectivity index (χ3n) is 4.52. The largest absolute Gasteiger partial charge is 0.494 e. The first kappa shape index (κ1) is 19.9. The molecular formula is C20H24N4O3S. The lowest BCUT2D eigenvalue weighted by atomic mass is 9.87. The summed E-state index contributed by atoms with van der Waals surface area (Å²) in [6.45, 7) is 8.10. The minimum Gasteiger partial charge on any atom is -0.494 e. The molecule has 0 aliphatic carbocycles. The van der Waals surface area contributed by atoms with Gasteiger partial charge in [0.05, 0.1) is 12.0 Å². The summed E-state index contributed by atoms with van der Waals surface area (Å²) in [4.78, 5) is 0.121. The molecule has 0 saturated carbocycles. The highest BCUT2D eigenvalue weighted by Crippen LogP contribution is 2.31. The van der Waals surface area contributed by atoms with E-state index in [0.717, 1.165) is 11.1 Å². The number of benzene rings is 2. The number of nitrogens with zero attached hydrogens (tertiary/aromatic N) is 3. The van der Waals surface area contributed by atoms with Crippen molar-refractivity contribution in [3.05, 3.63) is 53.6 Å². The minimum atomic E-state index is -3.91. The highest BCUT2D eigenvalue weighted by Gasteiger charge is 2.28. The third-order valence-corrected chi connectivity index (χ3v) is 6.21. The first-order chi connectivity index (χ1) is 13.1. The van der Waals surface area contributed by atoms with Gasteiger partial charge in [0.1, 0.15) is 11.4 Å². The van der Waals surface area contributed by atoms with Crippen molar-refractivity contribution in [1.29, 1.82) is 0 Å². The average molecular weight is 401 g/mol. The Bertz CT molecular complexity index is 1110. The van der Waals surface area contributed by atoms with Crippen LogP contribution in [0.1, 0.15) is 31.9 Å². The van der Waals surface area contributed by atoms with Crippen molar-refractivity contribution < 1.29 is 13.2 Å². The second kappa shape index (κ2) is 6.94. The number of aromatic nitrogens is 3. The number of hydrogen-bond acceptors (Lipinski definition) is 6. The van der Waals surface area contributed by atoms with E-state index in [1.54, 1.807) is 36.4 Å². The van der Waals surface area contributed by atoms with Crippen molar-refractivity contribution in [2.75, 3.05) is 12.8 Å². The molecule has 1 heterocycles. The molecule has 0 amide bonds. The molecule has 3 aromatic rings. The molecule has 0 saturated heterocycles. The molecule has 0 atom stereocenters. The van der Waals surface area contributed by atoms with E-state index in [9.17, 15) is 8.42 Å². The predicted molar refractivity (Wildman–Crippen MR) is 108 cm³/mol. The van der Waals surface area contributed by atoms with Crippen LogP contribution in [0.15, 0.2) is 52.4 Å². The van der Waals surface area contributed by atoms with Gasteiger partial charge in [-0.25, -0.2) is 8.42 Å². The standard InChI is InChI=1S/C20H24N4O3S/c1-13-6-11-17(27-5)16(12-13)24-18(21)19(22-23-24)28(25,26)15-9-7-14(8-10-15)20(2,3)4/h6-12H,21H2,1-5H3. The van der Waals surface area contributed by atoms with Gasteiger partial charge < -0.3 is 10.5 Å². The molecule has 28 heavy (non-hydrogen) atoms. The molecular weight excluding hydrogens is 376 g/mol. The zero-order valence-electron chi connectivity index (χ0n) is 16.6. The zero-order chi connectivity index (χ0) is 20.7. The Morgan fingerprint density at radius 2 is 1.71 bits per heavy atom. The monoisotopic (exact) mass is 400 g/mol. The number of aryl methyl sites for hydroxylation is 1. The fourth-order valence-electron chi connectivity index (χ4n) is 2.86. The van der Waals surface area contributed by atoms with Gasteiger partial charge >= 0.3 is 0 Å². The SMILES string of the molecule is COc1ccc(C)cc1-n1nnc(S(=O)(=O)c2ccc(C(C)(C)C)cc2)c1N. The van der Waals surface area contributed by atoms with Gasteiger partial charge in [0.2, 0.25) is 14.9 Å². The number of methoxy groups -OCH3 is 1. The van der Waals surface area contributed by atoms with Gasteiger partial charge in [0, 0.05) is 0 Å². The lowest BCUT2D eigenvalue weighted by molar-refractivity contribution is 0.411. The molecule has 0 radical (unpaired) electrons. The number of nitrogens with two attached hydrogens (primary N) is 1. The van der Waals surface area contributed by atoms with Crippen LogP contribution in [-0.4, -0.2) is 30.5 Å². The Hall–Kier alpha value is -2.87. The molecule has 2 aromatic carbocycles. The Morgan fingerprint density at radius 3 is 2.29 bits per heavy atom. The number of nitrogen functional groups attached to an aromatic ring is 1. The summed E-state index contributed by atoms with van der Waals surface area (Å²) in [6.07, 6.45) is 0. The molecule has 148 valence electrons. The molecule has 0 aliphatic heterocycles. The maximum atomic E-state index is 13.1. The number of anilines is 1. The molecule has 0 unspecified atom stereocenters. The van der Waals surface area contributed by atoms with Crippen molar-refractivity contribution in [2.45, 2.75) is 43.0 Å². The fraction of sp³-hybridized carbons (Fsp3) is 0.300. The molecule has 8 heteroatoms. The van der Waals surface area contributed by atoms with Gasteiger partial charge in [0.25, 0.3) is 0 Å². The summed E-state index contributed by atoms with van der Waals surface area (Å²) in [7, 11) is -2.39. The Kier molecular flexibility index (Phi) is 4.93. The summed E-state index contributed by atoms with van der Waals surface area (Å²) >= 11 is 0. The van der Waals surface area contributed by atoms with Crippen molar-refractivity contribution >= 4 is 15.7 Å². The van der Waals surface area contributed by atoms with E-state index < -0.39 is 9.84 Å². The van der Waals surface area contributed by atoms with E-state index in [2.05, 4.69) is 31.1 Å². The predicted octanol–water partition coefficient (Wildman–Crippen LogP) is 3.30. The Labute approximate surface area is 165 Å². The molecule has 2 N–H and O–H groups in total. The summed E-state index contributed by atoms with van der Waals surface area (Å²) in [6, 6.07) is 12.2. The first-order valence-corrected chi connectivity index (χ1v) is 10.3. The fourth-order valence-corrected chi connectivity index (χ4v) is 4.08. The van der Waals surface area contributed by atoms with Crippen molar-refractivity contribution in [3.8, 4) is 11.4 Å². The van der Waals surface area contributed by atoms with Crippen LogP contribution in [0.4, 0.5) is 5.82 Å². The van der Waals surface area contributed by atoms with E-state index in [1.165, 1.54) is 11.8 Å². The van der Waals surface area contributed by atoms with Gasteiger partial charge in [-0.1, -0.05) is 44.2 Å². The first-order valence-electron chi connectivity index (χ1n) is 8.77. The number of ether oxygens (including phenoxy) is 1. The van der Waals surface area contributed by atoms with Gasteiger partial charge in [-0.15, -0.1) is 5.10 Å². The van der Waals surface area contributed by atoms with Gasteiger partial charge in [-0.3, -0.25) is 0 Å². The lowest BCUT2D eigenvalue weighted by Gasteiger charge is -2.19. The second-order valence-electron chi connectivity index (χ2n) is 7.64. The van der Waals surface area contributed by atoms with Gasteiger partial charge in [0.15, 0.2) is 5.82 Å². The van der Waals surface area contributed by atoms with E-state index in [4.69, 9.17) is 10.5 Å². The molecule has 0 bridgehead atoms. The van der Waals surface area contributed by atoms with E-state index in [1.807, 2.05) is 13.0 Å². The average Bonchev–Trinajstić information content (AvgIpc) is 3.03. The van der Waals surface area contributed by atoms with Crippen molar-refractivity contribution in [2.24, 2.45) is 0 Å².